The number of carbonyl (C=O) groups excluding carboxylic acids is 1. The largest absolute Gasteiger partial charge is 0.416 e. The summed E-state index contributed by atoms with van der Waals surface area (Å²) in [6, 6.07) is 8.43. The lowest BCUT2D eigenvalue weighted by molar-refractivity contribution is -0.119. The summed E-state index contributed by atoms with van der Waals surface area (Å²) in [5, 5.41) is 14.6. The van der Waals surface area contributed by atoms with Crippen LogP contribution in [0.1, 0.15) is 46.6 Å². The molecule has 2 aromatic heterocycles. The summed E-state index contributed by atoms with van der Waals surface area (Å²) in [5.41, 5.74) is 3.49. The van der Waals surface area contributed by atoms with E-state index in [1.165, 1.54) is 22.9 Å². The molecule has 2 heterocycles. The second-order valence-electron chi connectivity index (χ2n) is 6.50. The first-order valence-corrected chi connectivity index (χ1v) is 10.8. The summed E-state index contributed by atoms with van der Waals surface area (Å²) in [6.45, 7) is 1.96. The van der Waals surface area contributed by atoms with Gasteiger partial charge in [0, 0.05) is 5.38 Å². The first-order valence-electron chi connectivity index (χ1n) is 8.91. The maximum atomic E-state index is 12.4. The zero-order valence-electron chi connectivity index (χ0n) is 15.0. The van der Waals surface area contributed by atoms with Gasteiger partial charge in [-0.05, 0) is 37.3 Å². The zero-order valence-corrected chi connectivity index (χ0v) is 16.6. The molecule has 3 aromatic rings. The highest BCUT2D eigenvalue weighted by Crippen LogP contribution is 2.29. The maximum absolute atomic E-state index is 12.4. The van der Waals surface area contributed by atoms with E-state index in [2.05, 4.69) is 38.7 Å². The van der Waals surface area contributed by atoms with Gasteiger partial charge in [0.2, 0.25) is 11.8 Å². The summed E-state index contributed by atoms with van der Waals surface area (Å²) in [5.74, 6) is 0.761. The molecular weight excluding hydrogens is 380 g/mol. The van der Waals surface area contributed by atoms with Gasteiger partial charge in [-0.15, -0.1) is 21.5 Å². The van der Waals surface area contributed by atoms with Gasteiger partial charge >= 0.3 is 0 Å². The average Bonchev–Trinajstić information content (AvgIpc) is 3.29. The van der Waals surface area contributed by atoms with E-state index in [1.807, 2.05) is 18.4 Å². The summed E-state index contributed by atoms with van der Waals surface area (Å²) in [6.07, 6.45) is 3.67. The molecule has 0 spiro atoms. The van der Waals surface area contributed by atoms with Gasteiger partial charge in [0.05, 0.1) is 28.9 Å². The number of amides is 1. The van der Waals surface area contributed by atoms with Crippen LogP contribution in [0.15, 0.2) is 39.3 Å². The van der Waals surface area contributed by atoms with Crippen molar-refractivity contribution >= 4 is 29.0 Å². The van der Waals surface area contributed by atoms with Crippen molar-refractivity contribution in [2.75, 3.05) is 5.75 Å². The molecule has 0 unspecified atom stereocenters. The van der Waals surface area contributed by atoms with Crippen LogP contribution in [0.4, 0.5) is 0 Å². The van der Waals surface area contributed by atoms with Crippen molar-refractivity contribution in [1.82, 2.24) is 20.5 Å². The van der Waals surface area contributed by atoms with E-state index in [-0.39, 0.29) is 17.7 Å². The van der Waals surface area contributed by atoms with Crippen LogP contribution in [-0.2, 0) is 17.6 Å². The Kier molecular flexibility index (Phi) is 5.54. The lowest BCUT2D eigenvalue weighted by Crippen LogP contribution is -2.32. The summed E-state index contributed by atoms with van der Waals surface area (Å²) in [7, 11) is 0. The van der Waals surface area contributed by atoms with Crippen LogP contribution < -0.4 is 5.32 Å². The van der Waals surface area contributed by atoms with E-state index in [1.54, 1.807) is 11.3 Å². The van der Waals surface area contributed by atoms with E-state index in [4.69, 9.17) is 4.42 Å². The molecular formula is C19H20N4O2S2. The monoisotopic (exact) mass is 400 g/mol. The standard InChI is InChI=1S/C19H20N4O2S2/c1-12-20-14(10-26-12)9-18-22-23-19(25-18)27-11-17(24)21-16-8-4-6-13-5-2-3-7-15(13)16/h2-3,5,7,10,16H,4,6,8-9,11H2,1H3,(H,21,24)/t16-/m1/s1. The van der Waals surface area contributed by atoms with Gasteiger partial charge in [-0.25, -0.2) is 4.98 Å². The molecule has 1 aliphatic carbocycles. The van der Waals surface area contributed by atoms with Crippen molar-refractivity contribution in [1.29, 1.82) is 0 Å². The third-order valence-electron chi connectivity index (χ3n) is 4.48. The molecule has 0 saturated heterocycles. The van der Waals surface area contributed by atoms with Gasteiger partial charge in [0.1, 0.15) is 0 Å². The van der Waals surface area contributed by atoms with Crippen LogP contribution in [0, 0.1) is 6.92 Å². The molecule has 0 fully saturated rings. The van der Waals surface area contributed by atoms with E-state index < -0.39 is 0 Å². The first kappa shape index (κ1) is 18.2. The van der Waals surface area contributed by atoms with E-state index in [0.717, 1.165) is 30.0 Å². The SMILES string of the molecule is Cc1nc(Cc2nnc(SCC(=O)N[C@@H]3CCCc4ccccc43)o2)cs1. The molecule has 1 aliphatic rings. The fourth-order valence-corrected chi connectivity index (χ4v) is 4.48. The van der Waals surface area contributed by atoms with Gasteiger partial charge in [-0.1, -0.05) is 36.0 Å². The fourth-order valence-electron chi connectivity index (χ4n) is 3.28. The Balaban J connectivity index is 1.30. The van der Waals surface area contributed by atoms with Crippen LogP contribution in [0.5, 0.6) is 0 Å². The number of benzene rings is 1. The number of nitrogens with one attached hydrogen (secondary N) is 1. The number of hydrogen-bond acceptors (Lipinski definition) is 7. The minimum Gasteiger partial charge on any atom is -0.416 e. The summed E-state index contributed by atoms with van der Waals surface area (Å²) >= 11 is 2.86. The van der Waals surface area contributed by atoms with Crippen molar-refractivity contribution in [2.24, 2.45) is 0 Å². The van der Waals surface area contributed by atoms with Gasteiger partial charge in [0.25, 0.3) is 5.22 Å². The van der Waals surface area contributed by atoms with E-state index in [0.29, 0.717) is 17.5 Å². The second kappa shape index (κ2) is 8.22. The summed E-state index contributed by atoms with van der Waals surface area (Å²) in [4.78, 5) is 16.8. The number of aryl methyl sites for hydroxylation is 2. The van der Waals surface area contributed by atoms with Gasteiger partial charge in [-0.3, -0.25) is 4.79 Å². The Morgan fingerprint density at radius 2 is 2.26 bits per heavy atom. The number of hydrogen-bond donors (Lipinski definition) is 1. The second-order valence-corrected chi connectivity index (χ2v) is 8.48. The number of thioether (sulfide) groups is 1. The van der Waals surface area contributed by atoms with Crippen LogP contribution in [0.2, 0.25) is 0 Å². The van der Waals surface area contributed by atoms with E-state index >= 15 is 0 Å². The molecule has 0 bridgehead atoms. The van der Waals surface area contributed by atoms with Gasteiger partial charge < -0.3 is 9.73 Å². The predicted molar refractivity (Wildman–Crippen MR) is 105 cm³/mol. The Morgan fingerprint density at radius 3 is 3.11 bits per heavy atom. The van der Waals surface area contributed by atoms with Crippen molar-refractivity contribution < 1.29 is 9.21 Å². The quantitative estimate of drug-likeness (QED) is 0.635. The topological polar surface area (TPSA) is 80.9 Å². The third-order valence-corrected chi connectivity index (χ3v) is 6.12. The highest BCUT2D eigenvalue weighted by atomic mass is 32.2. The van der Waals surface area contributed by atoms with Crippen molar-refractivity contribution in [2.45, 2.75) is 43.9 Å². The maximum Gasteiger partial charge on any atom is 0.277 e. The number of carbonyl (C=O) groups is 1. The van der Waals surface area contributed by atoms with Crippen molar-refractivity contribution in [3.8, 4) is 0 Å². The van der Waals surface area contributed by atoms with Crippen LogP contribution in [0.3, 0.4) is 0 Å². The lowest BCUT2D eigenvalue weighted by Gasteiger charge is -2.26. The molecule has 27 heavy (non-hydrogen) atoms. The number of thiazole rings is 1. The molecule has 0 saturated carbocycles. The molecule has 1 N–H and O–H groups in total. The Labute approximate surface area is 165 Å². The number of aromatic nitrogens is 3. The number of nitrogens with zero attached hydrogens (tertiary/aromatic N) is 3. The minimum atomic E-state index is -0.0171. The van der Waals surface area contributed by atoms with Crippen LogP contribution in [0.25, 0.3) is 0 Å². The highest BCUT2D eigenvalue weighted by Gasteiger charge is 2.21. The number of rotatable bonds is 6. The molecule has 1 atom stereocenters. The Morgan fingerprint density at radius 1 is 1.37 bits per heavy atom. The van der Waals surface area contributed by atoms with E-state index in [9.17, 15) is 4.79 Å². The fraction of sp³-hybridized carbons (Fsp3) is 0.368. The smallest absolute Gasteiger partial charge is 0.277 e. The predicted octanol–water partition coefficient (Wildman–Crippen LogP) is 3.71. The third kappa shape index (κ3) is 4.56. The highest BCUT2D eigenvalue weighted by molar-refractivity contribution is 7.99. The number of fused-ring (bicyclic) bond motifs is 1. The van der Waals surface area contributed by atoms with Crippen LogP contribution >= 0.6 is 23.1 Å². The Bertz CT molecular complexity index is 937. The minimum absolute atomic E-state index is 0.0171. The lowest BCUT2D eigenvalue weighted by atomic mass is 9.88. The zero-order chi connectivity index (χ0) is 18.6. The molecule has 1 aromatic carbocycles. The van der Waals surface area contributed by atoms with Crippen molar-refractivity contribution in [3.05, 3.63) is 57.4 Å². The molecule has 8 heteroatoms. The molecule has 1 amide bonds. The summed E-state index contributed by atoms with van der Waals surface area (Å²) < 4.78 is 5.62. The van der Waals surface area contributed by atoms with Gasteiger partial charge in [0.15, 0.2) is 0 Å². The normalized spacial score (nSPS) is 16.1. The van der Waals surface area contributed by atoms with Crippen molar-refractivity contribution in [3.63, 3.8) is 0 Å². The average molecular weight is 401 g/mol. The molecule has 6 nitrogen and oxygen atoms in total. The van der Waals surface area contributed by atoms with Gasteiger partial charge in [-0.2, -0.15) is 0 Å². The van der Waals surface area contributed by atoms with Crippen LogP contribution in [-0.4, -0.2) is 26.8 Å². The molecule has 0 aliphatic heterocycles. The molecule has 140 valence electrons. The Hall–Kier alpha value is -2.19. The molecule has 0 radical (unpaired) electrons. The molecule has 4 rings (SSSR count). The first-order chi connectivity index (χ1) is 13.2.